The first kappa shape index (κ1) is 10.2. The molecule has 0 spiro atoms. The smallest absolute Gasteiger partial charge is 0.168 e. The van der Waals surface area contributed by atoms with Crippen molar-refractivity contribution in [3.63, 3.8) is 0 Å². The van der Waals surface area contributed by atoms with Crippen LogP contribution in [0.15, 0.2) is 24.3 Å². The molecule has 0 unspecified atom stereocenters. The molecule has 17 heavy (non-hydrogen) atoms. The third-order valence-electron chi connectivity index (χ3n) is 2.78. The molecule has 0 bridgehead atoms. The van der Waals surface area contributed by atoms with Crippen LogP contribution in [0.25, 0.3) is 5.69 Å². The van der Waals surface area contributed by atoms with E-state index in [-0.39, 0.29) is 5.69 Å². The van der Waals surface area contributed by atoms with Crippen LogP contribution in [0.2, 0.25) is 0 Å². The van der Waals surface area contributed by atoms with Crippen molar-refractivity contribution >= 4 is 6.29 Å². The summed E-state index contributed by atoms with van der Waals surface area (Å²) in [6.45, 7) is 0.732. The van der Waals surface area contributed by atoms with E-state index < -0.39 is 5.82 Å². The monoisotopic (exact) mass is 232 g/mol. The first-order valence-electron chi connectivity index (χ1n) is 5.20. The minimum atomic E-state index is -0.405. The Hall–Kier alpha value is -2.01. The Morgan fingerprint density at radius 1 is 1.35 bits per heavy atom. The fourth-order valence-corrected chi connectivity index (χ4v) is 1.96. The molecule has 2 aromatic rings. The number of carbonyl (C=O) groups excluding carboxylic acids is 1. The molecule has 1 aromatic carbocycles. The van der Waals surface area contributed by atoms with Gasteiger partial charge in [0.1, 0.15) is 17.2 Å². The first-order valence-corrected chi connectivity index (χ1v) is 5.20. The first-order chi connectivity index (χ1) is 8.31. The SMILES string of the molecule is O=Cc1c2c(nn1-c1ccccc1F)COC2. The highest BCUT2D eigenvalue weighted by Crippen LogP contribution is 2.25. The van der Waals surface area contributed by atoms with E-state index in [1.54, 1.807) is 18.2 Å². The fourth-order valence-electron chi connectivity index (χ4n) is 1.96. The summed E-state index contributed by atoms with van der Waals surface area (Å²) in [6, 6.07) is 6.23. The topological polar surface area (TPSA) is 44.1 Å². The Morgan fingerprint density at radius 2 is 2.18 bits per heavy atom. The van der Waals surface area contributed by atoms with Gasteiger partial charge in [-0.05, 0) is 12.1 Å². The van der Waals surface area contributed by atoms with Gasteiger partial charge < -0.3 is 4.74 Å². The number of carbonyl (C=O) groups is 1. The van der Waals surface area contributed by atoms with E-state index in [0.717, 1.165) is 5.56 Å². The Balaban J connectivity index is 2.22. The lowest BCUT2D eigenvalue weighted by molar-refractivity contribution is 0.110. The number of benzene rings is 1. The number of fused-ring (bicyclic) bond motifs is 1. The largest absolute Gasteiger partial charge is 0.370 e. The molecule has 5 heteroatoms. The molecular formula is C12H9FN2O2. The molecule has 1 aliphatic heterocycles. The van der Waals surface area contributed by atoms with Gasteiger partial charge in [0.25, 0.3) is 0 Å². The summed E-state index contributed by atoms with van der Waals surface area (Å²) in [6.07, 6.45) is 0.687. The number of aldehydes is 1. The van der Waals surface area contributed by atoms with Crippen LogP contribution in [0.3, 0.4) is 0 Å². The molecular weight excluding hydrogens is 223 g/mol. The van der Waals surface area contributed by atoms with E-state index in [0.29, 0.717) is 30.9 Å². The van der Waals surface area contributed by atoms with Gasteiger partial charge >= 0.3 is 0 Å². The van der Waals surface area contributed by atoms with Gasteiger partial charge in [0.15, 0.2) is 6.29 Å². The normalized spacial score (nSPS) is 13.7. The molecule has 2 heterocycles. The lowest BCUT2D eigenvalue weighted by atomic mass is 10.2. The molecule has 0 saturated heterocycles. The Kier molecular flexibility index (Phi) is 2.26. The molecule has 0 amide bonds. The number of hydrogen-bond donors (Lipinski definition) is 0. The zero-order valence-corrected chi connectivity index (χ0v) is 8.89. The number of nitrogens with zero attached hydrogens (tertiary/aromatic N) is 2. The second-order valence-electron chi connectivity index (χ2n) is 3.78. The van der Waals surface area contributed by atoms with Crippen molar-refractivity contribution in [2.75, 3.05) is 0 Å². The Labute approximate surface area is 96.6 Å². The zero-order chi connectivity index (χ0) is 11.8. The van der Waals surface area contributed by atoms with Gasteiger partial charge in [-0.2, -0.15) is 5.10 Å². The van der Waals surface area contributed by atoms with Crippen LogP contribution < -0.4 is 0 Å². The predicted octanol–water partition coefficient (Wildman–Crippen LogP) is 1.85. The molecule has 0 atom stereocenters. The van der Waals surface area contributed by atoms with Gasteiger partial charge in [0.05, 0.1) is 18.9 Å². The summed E-state index contributed by atoms with van der Waals surface area (Å²) in [4.78, 5) is 11.1. The van der Waals surface area contributed by atoms with Crippen molar-refractivity contribution in [3.8, 4) is 5.69 Å². The summed E-state index contributed by atoms with van der Waals surface area (Å²) in [5.41, 5.74) is 2.10. The van der Waals surface area contributed by atoms with E-state index >= 15 is 0 Å². The molecule has 1 aliphatic rings. The Morgan fingerprint density at radius 3 is 2.94 bits per heavy atom. The highest BCUT2D eigenvalue weighted by Gasteiger charge is 2.23. The quantitative estimate of drug-likeness (QED) is 0.742. The molecule has 4 nitrogen and oxygen atoms in total. The van der Waals surface area contributed by atoms with Crippen molar-refractivity contribution in [1.82, 2.24) is 9.78 Å². The van der Waals surface area contributed by atoms with Gasteiger partial charge in [0, 0.05) is 5.56 Å². The van der Waals surface area contributed by atoms with Crippen LogP contribution in [-0.4, -0.2) is 16.1 Å². The zero-order valence-electron chi connectivity index (χ0n) is 8.89. The summed E-state index contributed by atoms with van der Waals surface area (Å²) in [7, 11) is 0. The van der Waals surface area contributed by atoms with E-state index in [1.807, 2.05) is 0 Å². The van der Waals surface area contributed by atoms with Gasteiger partial charge in [-0.1, -0.05) is 12.1 Å². The summed E-state index contributed by atoms with van der Waals surface area (Å²) in [5.74, 6) is -0.405. The van der Waals surface area contributed by atoms with Crippen molar-refractivity contribution in [2.45, 2.75) is 13.2 Å². The number of para-hydroxylation sites is 1. The minimum absolute atomic E-state index is 0.281. The van der Waals surface area contributed by atoms with Gasteiger partial charge in [-0.15, -0.1) is 0 Å². The van der Waals surface area contributed by atoms with E-state index in [2.05, 4.69) is 5.10 Å². The lowest BCUT2D eigenvalue weighted by Crippen LogP contribution is -2.05. The average molecular weight is 232 g/mol. The van der Waals surface area contributed by atoms with Crippen LogP contribution in [0.4, 0.5) is 4.39 Å². The van der Waals surface area contributed by atoms with Crippen LogP contribution in [0, 0.1) is 5.82 Å². The molecule has 0 aliphatic carbocycles. The minimum Gasteiger partial charge on any atom is -0.370 e. The van der Waals surface area contributed by atoms with E-state index in [4.69, 9.17) is 4.74 Å². The maximum Gasteiger partial charge on any atom is 0.168 e. The third kappa shape index (κ3) is 1.47. The second-order valence-corrected chi connectivity index (χ2v) is 3.78. The molecule has 3 rings (SSSR count). The van der Waals surface area contributed by atoms with E-state index in [9.17, 15) is 9.18 Å². The average Bonchev–Trinajstić information content (AvgIpc) is 2.89. The highest BCUT2D eigenvalue weighted by atomic mass is 19.1. The molecule has 0 N–H and O–H groups in total. The van der Waals surface area contributed by atoms with Gasteiger partial charge in [0.2, 0.25) is 0 Å². The number of aromatic nitrogens is 2. The third-order valence-corrected chi connectivity index (χ3v) is 2.78. The van der Waals surface area contributed by atoms with Gasteiger partial charge in [-0.3, -0.25) is 4.79 Å². The summed E-state index contributed by atoms with van der Waals surface area (Å²) >= 11 is 0. The number of ether oxygens (including phenoxy) is 1. The predicted molar refractivity (Wildman–Crippen MR) is 57.4 cm³/mol. The summed E-state index contributed by atoms with van der Waals surface area (Å²) in [5, 5.41) is 4.21. The highest BCUT2D eigenvalue weighted by molar-refractivity contribution is 5.76. The standard InChI is InChI=1S/C12H9FN2O2/c13-9-3-1-2-4-11(9)15-12(5-16)8-6-17-7-10(8)14-15/h1-5H,6-7H2. The Bertz CT molecular complexity index is 592. The molecule has 0 fully saturated rings. The van der Waals surface area contributed by atoms with Gasteiger partial charge in [-0.25, -0.2) is 9.07 Å². The van der Waals surface area contributed by atoms with E-state index in [1.165, 1.54) is 10.7 Å². The van der Waals surface area contributed by atoms with Crippen molar-refractivity contribution in [3.05, 3.63) is 47.0 Å². The van der Waals surface area contributed by atoms with Crippen LogP contribution >= 0.6 is 0 Å². The second kappa shape index (κ2) is 3.78. The van der Waals surface area contributed by atoms with Crippen molar-refractivity contribution in [1.29, 1.82) is 0 Å². The number of hydrogen-bond acceptors (Lipinski definition) is 3. The molecule has 0 radical (unpaired) electrons. The number of rotatable bonds is 2. The summed E-state index contributed by atoms with van der Waals surface area (Å²) < 4.78 is 20.2. The van der Waals surface area contributed by atoms with Crippen molar-refractivity contribution in [2.24, 2.45) is 0 Å². The van der Waals surface area contributed by atoms with Crippen molar-refractivity contribution < 1.29 is 13.9 Å². The lowest BCUT2D eigenvalue weighted by Gasteiger charge is -2.05. The maximum absolute atomic E-state index is 13.6. The maximum atomic E-state index is 13.6. The molecule has 1 aromatic heterocycles. The molecule has 86 valence electrons. The molecule has 0 saturated carbocycles. The van der Waals surface area contributed by atoms with Crippen LogP contribution in [0.1, 0.15) is 21.7 Å². The van der Waals surface area contributed by atoms with Crippen LogP contribution in [0.5, 0.6) is 0 Å². The van der Waals surface area contributed by atoms with Crippen LogP contribution in [-0.2, 0) is 18.0 Å². The fraction of sp³-hybridized carbons (Fsp3) is 0.167. The number of halogens is 1.